The van der Waals surface area contributed by atoms with Crippen molar-refractivity contribution < 1.29 is 24.0 Å². The highest BCUT2D eigenvalue weighted by atomic mass is 16.2. The standard InChI is InChI=1S/C19H23N7O.3C18H21N7O.C17H19N7O.CH4/c1-6-15-14-9-13(8-7-12(14)10-20-15)21-17(27)16-11(2)25(5)18-22-23-24-26(18)19(16,3)4;3*1-5-15-14-8-13(7-6-12(14)9-19-15)20-17(26)16-10(2)24(4)18-21-22-23-25(18)11(16)3;1-4-15-13-7-12(6-5-11(13)8-18-15)19-16(25)14-9-24-17(20-21-22-24)23(3)10(14)2;/h7-9H,6,10H2,1-5H3,(H,21,27);3*6-8,11H,5,9H2,1-4H3,(H,20,26);5-7H,4,8-9H2,1-3H3,(H,19,25);1H4/t;2*11-;;;/m.10.../s1. The normalized spacial score (nSPS) is 17.7. The van der Waals surface area contributed by atoms with Crippen molar-refractivity contribution in [1.29, 1.82) is 0 Å². The van der Waals surface area contributed by atoms with Crippen LogP contribution < -0.4 is 51.1 Å². The van der Waals surface area contributed by atoms with Gasteiger partial charge in [-0.2, -0.15) is 0 Å². The van der Waals surface area contributed by atoms with Gasteiger partial charge in [0, 0.05) is 149 Å². The van der Waals surface area contributed by atoms with Gasteiger partial charge >= 0.3 is 0 Å². The lowest BCUT2D eigenvalue weighted by Crippen LogP contribution is -2.44. The van der Waals surface area contributed by atoms with E-state index in [0.29, 0.717) is 64.2 Å². The monoisotopic (exact) mass is 1770 g/mol. The van der Waals surface area contributed by atoms with E-state index < -0.39 is 5.54 Å². The zero-order chi connectivity index (χ0) is 92.2. The van der Waals surface area contributed by atoms with Gasteiger partial charge in [-0.1, -0.05) is 97.9 Å². The minimum absolute atomic E-state index is 0. The lowest BCUT2D eigenvalue weighted by atomic mass is 9.89. The first-order valence-electron chi connectivity index (χ1n) is 43.5. The first kappa shape index (κ1) is 90.6. The highest BCUT2D eigenvalue weighted by molar-refractivity contribution is 6.13. The molecule has 0 aliphatic carbocycles. The van der Waals surface area contributed by atoms with Crippen LogP contribution in [-0.2, 0) is 68.8 Å². The molecule has 0 saturated carbocycles. The Kier molecular flexibility index (Phi) is 25.5. The smallest absolute Gasteiger partial charge is 0.255 e. The van der Waals surface area contributed by atoms with E-state index in [2.05, 4.69) is 164 Å². The fourth-order valence-corrected chi connectivity index (χ4v) is 17.9. The molecule has 0 radical (unpaired) electrons. The van der Waals surface area contributed by atoms with E-state index in [-0.39, 0.29) is 55.1 Å². The molecule has 20 rings (SSSR count). The second-order valence-corrected chi connectivity index (χ2v) is 33.4. The van der Waals surface area contributed by atoms with Gasteiger partial charge in [0.2, 0.25) is 29.7 Å². The quantitative estimate of drug-likeness (QED) is 0.0636. The molecule has 10 aromatic rings. The Hall–Kier alpha value is -15.2. The Labute approximate surface area is 758 Å². The zero-order valence-electron chi connectivity index (χ0n) is 76.6. The highest BCUT2D eigenvalue weighted by Gasteiger charge is 2.43. The highest BCUT2D eigenvalue weighted by Crippen LogP contribution is 2.41. The Morgan fingerprint density at radius 2 is 0.611 bits per heavy atom. The van der Waals surface area contributed by atoms with E-state index in [9.17, 15) is 24.0 Å². The number of aliphatic imine (C=N–C) groups is 5. The van der Waals surface area contributed by atoms with E-state index in [1.165, 1.54) is 27.8 Å². The molecule has 131 heavy (non-hydrogen) atoms. The molecule has 0 fully saturated rings. The zero-order valence-corrected chi connectivity index (χ0v) is 76.6. The molecule has 40 heteroatoms. The van der Waals surface area contributed by atoms with Gasteiger partial charge in [-0.05, 0) is 242 Å². The van der Waals surface area contributed by atoms with E-state index in [0.717, 1.165) is 178 Å². The first-order chi connectivity index (χ1) is 62.4. The van der Waals surface area contributed by atoms with Crippen LogP contribution in [0.4, 0.5) is 58.2 Å². The van der Waals surface area contributed by atoms with Crippen LogP contribution in [0.3, 0.4) is 0 Å². The summed E-state index contributed by atoms with van der Waals surface area (Å²) in [5.41, 5.74) is 27.8. The first-order valence-corrected chi connectivity index (χ1v) is 43.5. The van der Waals surface area contributed by atoms with Gasteiger partial charge in [-0.25, -0.2) is 23.4 Å². The summed E-state index contributed by atoms with van der Waals surface area (Å²) in [6.45, 7) is 33.7. The molecule has 10 aliphatic rings. The lowest BCUT2D eigenvalue weighted by molar-refractivity contribution is -0.114. The maximum Gasteiger partial charge on any atom is 0.255 e. The summed E-state index contributed by atoms with van der Waals surface area (Å²) in [5, 5.41) is 73.9. The molecular weight excluding hydrogens is 1660 g/mol. The molecule has 3 atom stereocenters. The number of nitrogens with one attached hydrogen (secondary N) is 5. The van der Waals surface area contributed by atoms with Crippen molar-refractivity contribution >= 4 is 116 Å². The topological polar surface area (TPSA) is 441 Å². The summed E-state index contributed by atoms with van der Waals surface area (Å²) >= 11 is 0. The number of amides is 5. The molecule has 0 bridgehead atoms. The molecule has 0 saturated heterocycles. The van der Waals surface area contributed by atoms with Crippen LogP contribution in [0.2, 0.25) is 0 Å². The number of nitrogens with zero attached hydrogens (tertiary/aromatic N) is 30. The van der Waals surface area contributed by atoms with Crippen molar-refractivity contribution in [2.45, 2.75) is 206 Å². The second kappa shape index (κ2) is 36.9. The largest absolute Gasteiger partial charge is 0.322 e. The van der Waals surface area contributed by atoms with Crippen LogP contribution in [-0.4, -0.2) is 194 Å². The van der Waals surface area contributed by atoms with Crippen molar-refractivity contribution in [3.05, 3.63) is 203 Å². The van der Waals surface area contributed by atoms with Gasteiger partial charge in [0.1, 0.15) is 0 Å². The summed E-state index contributed by atoms with van der Waals surface area (Å²) in [5.74, 6) is 2.43. The average molecular weight is 1770 g/mol. The lowest BCUT2D eigenvalue weighted by Gasteiger charge is -2.37. The minimum Gasteiger partial charge on any atom is -0.322 e. The molecule has 10 aliphatic heterocycles. The summed E-state index contributed by atoms with van der Waals surface area (Å²) < 4.78 is 8.28. The van der Waals surface area contributed by atoms with Gasteiger partial charge in [0.05, 0.1) is 90.8 Å². The molecule has 678 valence electrons. The molecule has 5 aromatic heterocycles. The molecular formula is C91H109N35O5. The van der Waals surface area contributed by atoms with E-state index >= 15 is 0 Å². The number of allylic oxidation sites excluding steroid dienone is 5. The fourth-order valence-electron chi connectivity index (χ4n) is 17.9. The number of aromatic nitrogens is 20. The number of rotatable bonds is 15. The number of fused-ring (bicyclic) bond motifs is 10. The van der Waals surface area contributed by atoms with Gasteiger partial charge < -0.3 is 51.1 Å². The third kappa shape index (κ3) is 16.8. The van der Waals surface area contributed by atoms with Crippen molar-refractivity contribution in [3.63, 3.8) is 0 Å². The molecule has 1 unspecified atom stereocenters. The maximum absolute atomic E-state index is 13.2. The number of benzene rings is 5. The number of carbonyl (C=O) groups excluding carboxylic acids is 5. The molecule has 40 nitrogen and oxygen atoms in total. The summed E-state index contributed by atoms with van der Waals surface area (Å²) in [6.07, 6.45) is 4.44. The summed E-state index contributed by atoms with van der Waals surface area (Å²) in [7, 11) is 9.28. The van der Waals surface area contributed by atoms with E-state index in [1.807, 2.05) is 220 Å². The van der Waals surface area contributed by atoms with Gasteiger partial charge in [0.25, 0.3) is 29.5 Å². The van der Waals surface area contributed by atoms with Crippen molar-refractivity contribution in [3.8, 4) is 0 Å². The van der Waals surface area contributed by atoms with Crippen molar-refractivity contribution in [2.75, 3.05) is 86.3 Å². The number of anilines is 10. The number of hydrogen-bond donors (Lipinski definition) is 5. The molecule has 0 spiro atoms. The molecule has 5 aromatic carbocycles. The molecule has 5 N–H and O–H groups in total. The Morgan fingerprint density at radius 1 is 0.344 bits per heavy atom. The van der Waals surface area contributed by atoms with Crippen LogP contribution in [0, 0.1) is 0 Å². The Morgan fingerprint density at radius 3 is 0.931 bits per heavy atom. The van der Waals surface area contributed by atoms with Crippen LogP contribution in [0.5, 0.6) is 0 Å². The van der Waals surface area contributed by atoms with Gasteiger partial charge in [-0.15, -0.1) is 0 Å². The van der Waals surface area contributed by atoms with E-state index in [4.69, 9.17) is 0 Å². The molecule has 15 heterocycles. The summed E-state index contributed by atoms with van der Waals surface area (Å²) in [4.78, 5) is 96.9. The van der Waals surface area contributed by atoms with Crippen LogP contribution >= 0.6 is 0 Å². The minimum atomic E-state index is -0.660. The second-order valence-electron chi connectivity index (χ2n) is 33.4. The van der Waals surface area contributed by atoms with Crippen molar-refractivity contribution in [2.24, 2.45) is 25.0 Å². The molecule has 5 amide bonds. The predicted molar refractivity (Wildman–Crippen MR) is 503 cm³/mol. The third-order valence-electron chi connectivity index (χ3n) is 25.7. The number of hydrogen-bond acceptors (Lipinski definition) is 30. The number of carbonyl (C=O) groups is 5. The van der Waals surface area contributed by atoms with Crippen LogP contribution in [0.1, 0.15) is 217 Å². The van der Waals surface area contributed by atoms with Crippen LogP contribution in [0.25, 0.3) is 0 Å². The van der Waals surface area contributed by atoms with Gasteiger partial charge in [0.15, 0.2) is 0 Å². The third-order valence-corrected chi connectivity index (χ3v) is 25.7. The number of tetrazole rings is 5. The predicted octanol–water partition coefficient (Wildman–Crippen LogP) is 11.8. The Balaban J connectivity index is 0.000000125. The van der Waals surface area contributed by atoms with Crippen LogP contribution in [0.15, 0.2) is 172 Å². The van der Waals surface area contributed by atoms with Gasteiger partial charge in [-0.3, -0.25) is 48.9 Å². The fraction of sp³-hybridized carbons (Fsp3) is 0.396. The SMILES string of the molecule is C.CCC1=NCc2ccc(NC(=O)C3=C(C)N(C)c4nnnn4C3(C)C)cc21.CCC1=NCc2ccc(NC(=O)C3=C(C)N(C)c4nnnn4C3)cc21.CCC1=NCc2ccc(NC(=O)C3=C(C)N(C)c4nnnn4C3C)cc21.CCC1=NCc2ccc(NC(=O)C3=C(C)N(C)c4nnnn4[C@@H]3C)cc21.CCC1=NCc2ccc(NC(=O)C3=C(C)N(C)c4nnnn4[C@H]3C)cc21. The van der Waals surface area contributed by atoms with Crippen molar-refractivity contribution in [1.82, 2.24) is 101 Å². The van der Waals surface area contributed by atoms with E-state index in [1.54, 1.807) is 23.4 Å². The average Bonchev–Trinajstić information content (AvgIpc) is 1.62. The maximum atomic E-state index is 13.2. The summed E-state index contributed by atoms with van der Waals surface area (Å²) in [6, 6.07) is 29.2. The Bertz CT molecular complexity index is 6240.